The number of benzene rings is 1. The molecule has 1 fully saturated rings. The van der Waals surface area contributed by atoms with Gasteiger partial charge < -0.3 is 15.2 Å². The van der Waals surface area contributed by atoms with Crippen LogP contribution in [0.2, 0.25) is 0 Å². The van der Waals surface area contributed by atoms with Gasteiger partial charge in [-0.3, -0.25) is 9.69 Å². The molecule has 1 aliphatic rings. The van der Waals surface area contributed by atoms with E-state index in [0.29, 0.717) is 16.9 Å². The maximum Gasteiger partial charge on any atom is 0.328 e. The van der Waals surface area contributed by atoms with Crippen LogP contribution in [0, 0.1) is 0 Å². The lowest BCUT2D eigenvalue weighted by molar-refractivity contribution is -0.131. The van der Waals surface area contributed by atoms with E-state index in [1.165, 1.54) is 13.2 Å². The lowest BCUT2D eigenvalue weighted by Gasteiger charge is -2.15. The zero-order valence-electron chi connectivity index (χ0n) is 11.3. The van der Waals surface area contributed by atoms with Crippen LogP contribution >= 0.6 is 0 Å². The van der Waals surface area contributed by atoms with Gasteiger partial charge in [0.05, 0.1) is 20.2 Å². The summed E-state index contributed by atoms with van der Waals surface area (Å²) in [7, 11) is 1.50. The predicted octanol–water partition coefficient (Wildman–Crippen LogP) is 0.845. The Morgan fingerprint density at radius 2 is 2.24 bits per heavy atom. The second-order valence-corrected chi connectivity index (χ2v) is 4.37. The van der Waals surface area contributed by atoms with Crippen molar-refractivity contribution < 1.29 is 24.2 Å². The Balaban J connectivity index is 2.32. The van der Waals surface area contributed by atoms with Crippen molar-refractivity contribution in [1.29, 1.82) is 0 Å². The van der Waals surface area contributed by atoms with E-state index in [1.807, 2.05) is 0 Å². The summed E-state index contributed by atoms with van der Waals surface area (Å²) in [6.07, 6.45) is 2.41. The Hall–Kier alpha value is -2.83. The second-order valence-electron chi connectivity index (χ2n) is 4.37. The fraction of sp³-hybridized carbons (Fsp3) is 0.214. The topological polar surface area (TPSA) is 95.9 Å². The number of amides is 3. The summed E-state index contributed by atoms with van der Waals surface area (Å²) in [4.78, 5) is 34.9. The number of nitrogens with zero attached hydrogens (tertiary/aromatic N) is 1. The van der Waals surface area contributed by atoms with Crippen molar-refractivity contribution in [2.45, 2.75) is 6.54 Å². The number of hydrogen-bond donors (Lipinski definition) is 2. The van der Waals surface area contributed by atoms with Crippen LogP contribution in [0.1, 0.15) is 11.1 Å². The molecular weight excluding hydrogens is 276 g/mol. The van der Waals surface area contributed by atoms with Crippen molar-refractivity contribution in [3.8, 4) is 5.75 Å². The highest BCUT2D eigenvalue weighted by molar-refractivity contribution is 6.01. The zero-order chi connectivity index (χ0) is 15.4. The Labute approximate surface area is 120 Å². The molecule has 0 radical (unpaired) electrons. The van der Waals surface area contributed by atoms with E-state index in [4.69, 9.17) is 9.84 Å². The minimum atomic E-state index is -1.08. The molecule has 0 aromatic heterocycles. The van der Waals surface area contributed by atoms with E-state index in [9.17, 15) is 14.4 Å². The van der Waals surface area contributed by atoms with Crippen molar-refractivity contribution in [3.63, 3.8) is 0 Å². The van der Waals surface area contributed by atoms with Gasteiger partial charge in [0, 0.05) is 6.08 Å². The van der Waals surface area contributed by atoms with Crippen molar-refractivity contribution in [2.75, 3.05) is 13.7 Å². The van der Waals surface area contributed by atoms with E-state index in [1.54, 1.807) is 18.2 Å². The molecule has 2 rings (SSSR count). The van der Waals surface area contributed by atoms with Gasteiger partial charge in [-0.15, -0.1) is 0 Å². The first-order chi connectivity index (χ1) is 10.0. The highest BCUT2D eigenvalue weighted by Gasteiger charge is 2.28. The molecule has 0 atom stereocenters. The van der Waals surface area contributed by atoms with Gasteiger partial charge in [0.2, 0.25) is 5.91 Å². The van der Waals surface area contributed by atoms with Gasteiger partial charge in [-0.05, 0) is 29.3 Å². The summed E-state index contributed by atoms with van der Waals surface area (Å²) in [5.41, 5.74) is 1.22. The van der Waals surface area contributed by atoms with Crippen LogP contribution in [-0.4, -0.2) is 41.6 Å². The molecule has 0 spiro atoms. The van der Waals surface area contributed by atoms with Crippen LogP contribution in [0.15, 0.2) is 24.3 Å². The van der Waals surface area contributed by atoms with Gasteiger partial charge in [-0.2, -0.15) is 0 Å². The lowest BCUT2D eigenvalue weighted by Crippen LogP contribution is -2.30. The third-order valence-corrected chi connectivity index (χ3v) is 3.02. The Kier molecular flexibility index (Phi) is 4.22. The van der Waals surface area contributed by atoms with E-state index < -0.39 is 12.0 Å². The molecule has 21 heavy (non-hydrogen) atoms. The van der Waals surface area contributed by atoms with E-state index in [2.05, 4.69) is 5.32 Å². The van der Waals surface area contributed by atoms with E-state index in [0.717, 1.165) is 11.0 Å². The first-order valence-corrected chi connectivity index (χ1v) is 6.17. The number of carbonyl (C=O) groups excluding carboxylic acids is 2. The van der Waals surface area contributed by atoms with Crippen molar-refractivity contribution in [1.82, 2.24) is 10.2 Å². The highest BCUT2D eigenvalue weighted by atomic mass is 16.5. The number of rotatable bonds is 5. The fourth-order valence-electron chi connectivity index (χ4n) is 1.96. The maximum atomic E-state index is 11.6. The standard InChI is InChI=1S/C14H14N2O5/c1-21-11-4-2-9(3-5-13(18)19)10(6-11)8-16-12(17)7-15-14(16)20/h2-6H,7-8H2,1H3,(H,15,20)(H,18,19). The van der Waals surface area contributed by atoms with Crippen molar-refractivity contribution in [2.24, 2.45) is 0 Å². The summed E-state index contributed by atoms with van der Waals surface area (Å²) in [5.74, 6) is -0.840. The molecule has 0 unspecified atom stereocenters. The Morgan fingerprint density at radius 3 is 2.81 bits per heavy atom. The summed E-state index contributed by atoms with van der Waals surface area (Å²) >= 11 is 0. The van der Waals surface area contributed by atoms with Gasteiger partial charge in [0.1, 0.15) is 5.75 Å². The monoisotopic (exact) mass is 290 g/mol. The first-order valence-electron chi connectivity index (χ1n) is 6.17. The second kappa shape index (κ2) is 6.08. The predicted molar refractivity (Wildman–Crippen MR) is 73.6 cm³/mol. The third-order valence-electron chi connectivity index (χ3n) is 3.02. The molecule has 0 aliphatic carbocycles. The number of nitrogens with one attached hydrogen (secondary N) is 1. The van der Waals surface area contributed by atoms with Gasteiger partial charge in [0.25, 0.3) is 0 Å². The largest absolute Gasteiger partial charge is 0.497 e. The number of carbonyl (C=O) groups is 3. The van der Waals surface area contributed by atoms with Crippen molar-refractivity contribution in [3.05, 3.63) is 35.4 Å². The van der Waals surface area contributed by atoms with Crippen LogP contribution in [0.4, 0.5) is 4.79 Å². The highest BCUT2D eigenvalue weighted by Crippen LogP contribution is 2.21. The number of hydrogen-bond acceptors (Lipinski definition) is 4. The van der Waals surface area contributed by atoms with Crippen LogP contribution in [0.5, 0.6) is 5.75 Å². The molecule has 1 heterocycles. The fourth-order valence-corrected chi connectivity index (χ4v) is 1.96. The smallest absolute Gasteiger partial charge is 0.328 e. The Bertz CT molecular complexity index is 608. The molecule has 7 nitrogen and oxygen atoms in total. The Morgan fingerprint density at radius 1 is 1.48 bits per heavy atom. The van der Waals surface area contributed by atoms with Gasteiger partial charge in [0.15, 0.2) is 0 Å². The molecule has 0 bridgehead atoms. The van der Waals surface area contributed by atoms with E-state index in [-0.39, 0.29) is 19.0 Å². The van der Waals surface area contributed by atoms with E-state index >= 15 is 0 Å². The molecule has 1 aromatic rings. The zero-order valence-corrected chi connectivity index (χ0v) is 11.3. The summed E-state index contributed by atoms with van der Waals surface area (Å²) < 4.78 is 5.11. The normalized spacial score (nSPS) is 14.6. The average Bonchev–Trinajstić information content (AvgIpc) is 2.77. The minimum absolute atomic E-state index is 0.0247. The van der Waals surface area contributed by atoms with Crippen LogP contribution in [0.25, 0.3) is 6.08 Å². The molecule has 0 saturated carbocycles. The number of imide groups is 1. The SMILES string of the molecule is COc1ccc(C=CC(=O)O)c(CN2C(=O)CNC2=O)c1. The number of aliphatic carboxylic acids is 1. The lowest BCUT2D eigenvalue weighted by atomic mass is 10.1. The number of ether oxygens (including phenoxy) is 1. The number of carboxylic acids is 1. The molecule has 1 aliphatic heterocycles. The minimum Gasteiger partial charge on any atom is -0.497 e. The number of methoxy groups -OCH3 is 1. The third kappa shape index (κ3) is 3.38. The number of carboxylic acid groups (broad SMARTS) is 1. The molecule has 2 N–H and O–H groups in total. The summed E-state index contributed by atoms with van der Waals surface area (Å²) in [6.45, 7) is 0.0320. The molecule has 3 amide bonds. The molecule has 110 valence electrons. The molecule has 1 aromatic carbocycles. The van der Waals surface area contributed by atoms with Gasteiger partial charge in [-0.1, -0.05) is 6.07 Å². The van der Waals surface area contributed by atoms with Crippen LogP contribution in [0.3, 0.4) is 0 Å². The molecule has 1 saturated heterocycles. The van der Waals surface area contributed by atoms with Crippen LogP contribution in [-0.2, 0) is 16.1 Å². The average molecular weight is 290 g/mol. The first kappa shape index (κ1) is 14.6. The van der Waals surface area contributed by atoms with Gasteiger partial charge in [-0.25, -0.2) is 9.59 Å². The maximum absolute atomic E-state index is 11.6. The van der Waals surface area contributed by atoms with Gasteiger partial charge >= 0.3 is 12.0 Å². The number of urea groups is 1. The quantitative estimate of drug-likeness (QED) is 0.619. The summed E-state index contributed by atoms with van der Waals surface area (Å²) in [5, 5.41) is 11.1. The van der Waals surface area contributed by atoms with Crippen molar-refractivity contribution >= 4 is 24.0 Å². The van der Waals surface area contributed by atoms with Crippen LogP contribution < -0.4 is 10.1 Å². The molecular formula is C14H14N2O5. The summed E-state index contributed by atoms with van der Waals surface area (Å²) in [6, 6.07) is 4.56. The molecule has 7 heteroatoms.